The zero-order valence-corrected chi connectivity index (χ0v) is 17.4. The number of aryl methyl sites for hydroxylation is 1. The number of rotatable bonds is 4. The average Bonchev–Trinajstić information content (AvgIpc) is 3.58. The maximum atomic E-state index is 12.5. The summed E-state index contributed by atoms with van der Waals surface area (Å²) < 4.78 is 0. The summed E-state index contributed by atoms with van der Waals surface area (Å²) in [6.45, 7) is 6.36. The molecule has 0 unspecified atom stereocenters. The standard InChI is InChI=1S/C24H32N4O/c1-17-15-23(26-22-7-3-2-6-21(17)22)27-13-10-20(11-14-27)28-12-4-5-18(16-28)24(29)25-19-8-9-19/h2-3,6-7,15,18-20H,4-5,8-14,16H2,1H3,(H,25,29)/t18-/m0/s1. The molecule has 2 aliphatic heterocycles. The molecule has 3 aliphatic rings. The molecule has 1 atom stereocenters. The molecule has 1 N–H and O–H groups in total. The number of fused-ring (bicyclic) bond motifs is 1. The van der Waals surface area contributed by atoms with Gasteiger partial charge in [0.25, 0.3) is 0 Å². The predicted octanol–water partition coefficient (Wildman–Crippen LogP) is 3.50. The van der Waals surface area contributed by atoms with Crippen molar-refractivity contribution in [3.05, 3.63) is 35.9 Å². The molecule has 0 radical (unpaired) electrons. The molecule has 0 bridgehead atoms. The number of nitrogens with one attached hydrogen (secondary N) is 1. The second kappa shape index (κ2) is 7.94. The summed E-state index contributed by atoms with van der Waals surface area (Å²) in [7, 11) is 0. The van der Waals surface area contributed by atoms with E-state index in [4.69, 9.17) is 4.98 Å². The minimum absolute atomic E-state index is 0.187. The van der Waals surface area contributed by atoms with E-state index in [1.54, 1.807) is 0 Å². The normalized spacial score (nSPS) is 24.0. The Balaban J connectivity index is 1.20. The van der Waals surface area contributed by atoms with Gasteiger partial charge in [-0.1, -0.05) is 18.2 Å². The first-order valence-electron chi connectivity index (χ1n) is 11.3. The highest BCUT2D eigenvalue weighted by atomic mass is 16.2. The number of benzene rings is 1. The van der Waals surface area contributed by atoms with Crippen LogP contribution in [0.5, 0.6) is 0 Å². The Morgan fingerprint density at radius 3 is 2.66 bits per heavy atom. The second-order valence-electron chi connectivity index (χ2n) is 9.15. The first-order valence-corrected chi connectivity index (χ1v) is 11.3. The molecule has 1 aliphatic carbocycles. The minimum atomic E-state index is 0.187. The molecule has 2 saturated heterocycles. The topological polar surface area (TPSA) is 48.5 Å². The van der Waals surface area contributed by atoms with Gasteiger partial charge < -0.3 is 10.2 Å². The van der Waals surface area contributed by atoms with Crippen molar-refractivity contribution in [3.8, 4) is 0 Å². The number of piperidine rings is 2. The van der Waals surface area contributed by atoms with Crippen molar-refractivity contribution in [2.45, 2.75) is 57.5 Å². The second-order valence-corrected chi connectivity index (χ2v) is 9.15. The SMILES string of the molecule is Cc1cc(N2CCC(N3CCC[C@H](C(=O)NC4CC4)C3)CC2)nc2ccccc12. The van der Waals surface area contributed by atoms with Gasteiger partial charge in [-0.05, 0) is 69.7 Å². The molecule has 0 spiro atoms. The van der Waals surface area contributed by atoms with Gasteiger partial charge in [-0.25, -0.2) is 4.98 Å². The lowest BCUT2D eigenvalue weighted by Gasteiger charge is -2.42. The van der Waals surface area contributed by atoms with E-state index >= 15 is 0 Å². The fourth-order valence-electron chi connectivity index (χ4n) is 5.05. The number of carbonyl (C=O) groups excluding carboxylic acids is 1. The van der Waals surface area contributed by atoms with Crippen molar-refractivity contribution in [3.63, 3.8) is 0 Å². The molecule has 5 heteroatoms. The lowest BCUT2D eigenvalue weighted by Crippen LogP contribution is -2.51. The van der Waals surface area contributed by atoms with E-state index in [1.165, 1.54) is 23.8 Å². The summed E-state index contributed by atoms with van der Waals surface area (Å²) >= 11 is 0. The molecular weight excluding hydrogens is 360 g/mol. The van der Waals surface area contributed by atoms with E-state index in [-0.39, 0.29) is 5.92 Å². The number of para-hydroxylation sites is 1. The first kappa shape index (κ1) is 18.9. The molecule has 3 fully saturated rings. The third-order valence-electron chi connectivity index (χ3n) is 6.96. The average molecular weight is 393 g/mol. The minimum Gasteiger partial charge on any atom is -0.356 e. The molecule has 1 amide bonds. The summed E-state index contributed by atoms with van der Waals surface area (Å²) in [5, 5.41) is 4.46. The Labute approximate surface area is 173 Å². The van der Waals surface area contributed by atoms with Crippen LogP contribution < -0.4 is 10.2 Å². The van der Waals surface area contributed by atoms with Crippen LogP contribution in [0.1, 0.15) is 44.1 Å². The number of pyridine rings is 1. The van der Waals surface area contributed by atoms with Crippen molar-refractivity contribution < 1.29 is 4.79 Å². The van der Waals surface area contributed by atoms with E-state index in [9.17, 15) is 4.79 Å². The van der Waals surface area contributed by atoms with Crippen LogP contribution >= 0.6 is 0 Å². The van der Waals surface area contributed by atoms with Crippen molar-refractivity contribution in [2.75, 3.05) is 31.1 Å². The lowest BCUT2D eigenvalue weighted by molar-refractivity contribution is -0.127. The molecule has 29 heavy (non-hydrogen) atoms. The number of nitrogens with zero attached hydrogens (tertiary/aromatic N) is 3. The maximum absolute atomic E-state index is 12.5. The number of amides is 1. The van der Waals surface area contributed by atoms with Gasteiger partial charge in [0, 0.05) is 37.1 Å². The van der Waals surface area contributed by atoms with Crippen LogP contribution in [0.3, 0.4) is 0 Å². The summed E-state index contributed by atoms with van der Waals surface area (Å²) in [6.07, 6.45) is 6.85. The summed E-state index contributed by atoms with van der Waals surface area (Å²) in [5.74, 6) is 1.60. The van der Waals surface area contributed by atoms with Crippen LogP contribution in [-0.4, -0.2) is 54.1 Å². The molecule has 1 aromatic carbocycles. The summed E-state index contributed by atoms with van der Waals surface area (Å²) in [5.41, 5.74) is 2.39. The number of hydrogen-bond donors (Lipinski definition) is 1. The highest BCUT2D eigenvalue weighted by Crippen LogP contribution is 2.28. The largest absolute Gasteiger partial charge is 0.356 e. The molecule has 5 nitrogen and oxygen atoms in total. The molecule has 5 rings (SSSR count). The highest BCUT2D eigenvalue weighted by Gasteiger charge is 2.34. The highest BCUT2D eigenvalue weighted by molar-refractivity contribution is 5.83. The van der Waals surface area contributed by atoms with Gasteiger partial charge in [0.15, 0.2) is 0 Å². The predicted molar refractivity (Wildman–Crippen MR) is 117 cm³/mol. The number of aromatic nitrogens is 1. The molecule has 1 aromatic heterocycles. The monoisotopic (exact) mass is 392 g/mol. The Morgan fingerprint density at radius 2 is 1.86 bits per heavy atom. The van der Waals surface area contributed by atoms with Gasteiger partial charge in [0.05, 0.1) is 11.4 Å². The van der Waals surface area contributed by atoms with E-state index in [2.05, 4.69) is 52.4 Å². The Bertz CT molecular complexity index is 886. The van der Waals surface area contributed by atoms with Crippen LogP contribution in [0.25, 0.3) is 10.9 Å². The van der Waals surface area contributed by atoms with Crippen LogP contribution in [0.2, 0.25) is 0 Å². The first-order chi connectivity index (χ1) is 14.2. The smallest absolute Gasteiger partial charge is 0.224 e. The van der Waals surface area contributed by atoms with E-state index in [0.29, 0.717) is 18.0 Å². The number of carbonyl (C=O) groups is 1. The van der Waals surface area contributed by atoms with Crippen LogP contribution in [0.15, 0.2) is 30.3 Å². The number of hydrogen-bond acceptors (Lipinski definition) is 4. The van der Waals surface area contributed by atoms with Gasteiger partial charge in [0.2, 0.25) is 5.91 Å². The van der Waals surface area contributed by atoms with Crippen LogP contribution in [0, 0.1) is 12.8 Å². The van der Waals surface area contributed by atoms with Gasteiger partial charge in [0.1, 0.15) is 5.82 Å². The quantitative estimate of drug-likeness (QED) is 0.865. The Hall–Kier alpha value is -2.14. The maximum Gasteiger partial charge on any atom is 0.224 e. The number of anilines is 1. The summed E-state index contributed by atoms with van der Waals surface area (Å²) in [6, 6.07) is 11.7. The third-order valence-corrected chi connectivity index (χ3v) is 6.96. The lowest BCUT2D eigenvalue weighted by atomic mass is 9.93. The van der Waals surface area contributed by atoms with Crippen molar-refractivity contribution in [1.82, 2.24) is 15.2 Å². The van der Waals surface area contributed by atoms with Gasteiger partial charge in [-0.3, -0.25) is 9.69 Å². The van der Waals surface area contributed by atoms with Crippen molar-refractivity contribution in [2.24, 2.45) is 5.92 Å². The third kappa shape index (κ3) is 4.11. The fraction of sp³-hybridized carbons (Fsp3) is 0.583. The van der Waals surface area contributed by atoms with E-state index in [1.807, 2.05) is 0 Å². The Morgan fingerprint density at radius 1 is 1.07 bits per heavy atom. The molecule has 3 heterocycles. The molecule has 1 saturated carbocycles. The molecular formula is C24H32N4O. The number of likely N-dealkylation sites (tertiary alicyclic amines) is 1. The van der Waals surface area contributed by atoms with Crippen LogP contribution in [0.4, 0.5) is 5.82 Å². The van der Waals surface area contributed by atoms with Gasteiger partial charge >= 0.3 is 0 Å². The van der Waals surface area contributed by atoms with Gasteiger partial charge in [-0.2, -0.15) is 0 Å². The van der Waals surface area contributed by atoms with Crippen molar-refractivity contribution in [1.29, 1.82) is 0 Å². The van der Waals surface area contributed by atoms with Gasteiger partial charge in [-0.15, -0.1) is 0 Å². The van der Waals surface area contributed by atoms with Crippen LogP contribution in [-0.2, 0) is 4.79 Å². The van der Waals surface area contributed by atoms with Crippen molar-refractivity contribution >= 4 is 22.6 Å². The van der Waals surface area contributed by atoms with E-state index < -0.39 is 0 Å². The summed E-state index contributed by atoms with van der Waals surface area (Å²) in [4.78, 5) is 22.5. The molecule has 154 valence electrons. The zero-order valence-electron chi connectivity index (χ0n) is 17.4. The molecule has 2 aromatic rings. The zero-order chi connectivity index (χ0) is 19.8. The Kier molecular flexibility index (Phi) is 5.17. The fourth-order valence-corrected chi connectivity index (χ4v) is 5.05. The van der Waals surface area contributed by atoms with E-state index in [0.717, 1.165) is 63.2 Å².